The summed E-state index contributed by atoms with van der Waals surface area (Å²) in [6, 6.07) is 3.15. The maximum atomic E-state index is 12.1. The lowest BCUT2D eigenvalue weighted by atomic mass is 10.2. The Morgan fingerprint density at radius 2 is 2.35 bits per heavy atom. The number of rotatable bonds is 3. The van der Waals surface area contributed by atoms with Gasteiger partial charge in [-0.1, -0.05) is 6.92 Å². The summed E-state index contributed by atoms with van der Waals surface area (Å²) in [6.07, 6.45) is 1.37. The summed E-state index contributed by atoms with van der Waals surface area (Å²) in [5, 5.41) is 11.9. The first-order valence-electron chi connectivity index (χ1n) is 6.39. The lowest BCUT2D eigenvalue weighted by Gasteiger charge is -2.30. The summed E-state index contributed by atoms with van der Waals surface area (Å²) in [5.74, 6) is 0.0267. The molecule has 1 aliphatic rings. The third-order valence-electron chi connectivity index (χ3n) is 2.94. The van der Waals surface area contributed by atoms with Gasteiger partial charge >= 0.3 is 12.0 Å². The number of nitrogens with zero attached hydrogens (tertiary/aromatic N) is 2. The highest BCUT2D eigenvalue weighted by molar-refractivity contribution is 7.99. The molecular weight excluding hydrogens is 278 g/mol. The molecule has 0 radical (unpaired) electrons. The Morgan fingerprint density at radius 1 is 1.55 bits per heavy atom. The van der Waals surface area contributed by atoms with Crippen LogP contribution in [0.4, 0.5) is 10.5 Å². The number of anilines is 1. The summed E-state index contributed by atoms with van der Waals surface area (Å²) >= 11 is 1.86. The van der Waals surface area contributed by atoms with Gasteiger partial charge in [-0.2, -0.15) is 11.8 Å². The quantitative estimate of drug-likeness (QED) is 0.886. The van der Waals surface area contributed by atoms with Crippen molar-refractivity contribution in [1.82, 2.24) is 9.88 Å². The number of urea groups is 1. The van der Waals surface area contributed by atoms with Crippen LogP contribution in [0.1, 0.15) is 12.6 Å². The molecule has 1 aromatic heterocycles. The van der Waals surface area contributed by atoms with E-state index in [9.17, 15) is 9.59 Å². The van der Waals surface area contributed by atoms with E-state index in [0.29, 0.717) is 16.6 Å². The first-order chi connectivity index (χ1) is 9.54. The molecule has 108 valence electrons. The largest absolute Gasteiger partial charge is 0.481 e. The number of amides is 2. The highest BCUT2D eigenvalue weighted by Crippen LogP contribution is 2.18. The van der Waals surface area contributed by atoms with E-state index in [-0.39, 0.29) is 12.5 Å². The SMILES string of the molecule is CC1CN(C(=O)Nc2ccc(CC(=O)O)nc2)CCS1. The Labute approximate surface area is 121 Å². The second-order valence-electron chi connectivity index (χ2n) is 4.67. The van der Waals surface area contributed by atoms with Crippen molar-refractivity contribution in [3.05, 3.63) is 24.0 Å². The van der Waals surface area contributed by atoms with Crippen LogP contribution in [0.3, 0.4) is 0 Å². The van der Waals surface area contributed by atoms with Crippen molar-refractivity contribution in [2.24, 2.45) is 0 Å². The van der Waals surface area contributed by atoms with Crippen LogP contribution in [0, 0.1) is 0 Å². The van der Waals surface area contributed by atoms with Crippen molar-refractivity contribution in [2.75, 3.05) is 24.2 Å². The molecule has 1 aromatic rings. The monoisotopic (exact) mass is 295 g/mol. The van der Waals surface area contributed by atoms with Gasteiger partial charge in [0, 0.05) is 24.1 Å². The molecule has 1 saturated heterocycles. The molecule has 2 heterocycles. The zero-order valence-corrected chi connectivity index (χ0v) is 12.0. The Balaban J connectivity index is 1.92. The fraction of sp³-hybridized carbons (Fsp3) is 0.462. The standard InChI is InChI=1S/C13H17N3O3S/c1-9-8-16(4-5-20-9)13(19)15-11-3-2-10(14-7-11)6-12(17)18/h2-3,7,9H,4-6,8H2,1H3,(H,15,19)(H,17,18). The average molecular weight is 295 g/mol. The van der Waals surface area contributed by atoms with Crippen molar-refractivity contribution < 1.29 is 14.7 Å². The zero-order valence-electron chi connectivity index (χ0n) is 11.2. The highest BCUT2D eigenvalue weighted by Gasteiger charge is 2.21. The second-order valence-corrected chi connectivity index (χ2v) is 6.21. The van der Waals surface area contributed by atoms with Crippen molar-refractivity contribution >= 4 is 29.4 Å². The number of hydrogen-bond acceptors (Lipinski definition) is 4. The highest BCUT2D eigenvalue weighted by atomic mass is 32.2. The molecule has 0 bridgehead atoms. The van der Waals surface area contributed by atoms with E-state index in [0.717, 1.165) is 18.8 Å². The third-order valence-corrected chi connectivity index (χ3v) is 4.07. The van der Waals surface area contributed by atoms with Crippen LogP contribution in [0.25, 0.3) is 0 Å². The van der Waals surface area contributed by atoms with Crippen LogP contribution in [0.5, 0.6) is 0 Å². The molecule has 20 heavy (non-hydrogen) atoms. The molecule has 0 saturated carbocycles. The van der Waals surface area contributed by atoms with E-state index < -0.39 is 5.97 Å². The Bertz CT molecular complexity index is 492. The van der Waals surface area contributed by atoms with Crippen LogP contribution in [-0.2, 0) is 11.2 Å². The summed E-state index contributed by atoms with van der Waals surface area (Å²) in [7, 11) is 0. The van der Waals surface area contributed by atoms with Gasteiger partial charge in [0.05, 0.1) is 24.0 Å². The maximum absolute atomic E-state index is 12.1. The molecule has 1 atom stereocenters. The molecule has 0 aromatic carbocycles. The number of carboxylic acids is 1. The molecule has 1 aliphatic heterocycles. The smallest absolute Gasteiger partial charge is 0.321 e. The topological polar surface area (TPSA) is 82.5 Å². The van der Waals surface area contributed by atoms with E-state index in [4.69, 9.17) is 5.11 Å². The first kappa shape index (κ1) is 14.6. The molecular formula is C13H17N3O3S. The van der Waals surface area contributed by atoms with Crippen LogP contribution in [-0.4, -0.2) is 51.1 Å². The molecule has 0 aliphatic carbocycles. The molecule has 1 fully saturated rings. The molecule has 7 heteroatoms. The first-order valence-corrected chi connectivity index (χ1v) is 7.43. The minimum absolute atomic E-state index is 0.116. The summed E-state index contributed by atoms with van der Waals surface area (Å²) in [4.78, 5) is 28.4. The lowest BCUT2D eigenvalue weighted by Crippen LogP contribution is -2.43. The van der Waals surface area contributed by atoms with Crippen LogP contribution < -0.4 is 5.32 Å². The number of carbonyl (C=O) groups is 2. The second kappa shape index (κ2) is 6.60. The van der Waals surface area contributed by atoms with Gasteiger partial charge < -0.3 is 15.3 Å². The van der Waals surface area contributed by atoms with Gasteiger partial charge in [0.25, 0.3) is 0 Å². The maximum Gasteiger partial charge on any atom is 0.321 e. The number of carboxylic acid groups (broad SMARTS) is 1. The molecule has 1 unspecified atom stereocenters. The number of thioether (sulfide) groups is 1. The lowest BCUT2D eigenvalue weighted by molar-refractivity contribution is -0.136. The fourth-order valence-electron chi connectivity index (χ4n) is 1.96. The van der Waals surface area contributed by atoms with Gasteiger partial charge in [-0.3, -0.25) is 9.78 Å². The molecule has 2 amide bonds. The minimum Gasteiger partial charge on any atom is -0.481 e. The van der Waals surface area contributed by atoms with Gasteiger partial charge in [-0.05, 0) is 12.1 Å². The number of pyridine rings is 1. The van der Waals surface area contributed by atoms with E-state index in [1.165, 1.54) is 6.20 Å². The number of nitrogens with one attached hydrogen (secondary N) is 1. The molecule has 6 nitrogen and oxygen atoms in total. The molecule has 0 spiro atoms. The number of aromatic nitrogens is 1. The van der Waals surface area contributed by atoms with Crippen molar-refractivity contribution in [1.29, 1.82) is 0 Å². The Hall–Kier alpha value is -1.76. The van der Waals surface area contributed by atoms with Gasteiger partial charge in [0.2, 0.25) is 0 Å². The fourth-order valence-corrected chi connectivity index (χ4v) is 2.98. The van der Waals surface area contributed by atoms with Crippen LogP contribution in [0.15, 0.2) is 18.3 Å². The Kier molecular flexibility index (Phi) is 4.84. The number of hydrogen-bond donors (Lipinski definition) is 2. The van der Waals surface area contributed by atoms with Crippen molar-refractivity contribution in [3.8, 4) is 0 Å². The number of carbonyl (C=O) groups excluding carboxylic acids is 1. The summed E-state index contributed by atoms with van der Waals surface area (Å²) in [5.41, 5.74) is 1.05. The van der Waals surface area contributed by atoms with Crippen LogP contribution >= 0.6 is 11.8 Å². The van der Waals surface area contributed by atoms with Crippen LogP contribution in [0.2, 0.25) is 0 Å². The predicted molar refractivity (Wildman–Crippen MR) is 78.1 cm³/mol. The Morgan fingerprint density at radius 3 is 2.95 bits per heavy atom. The van der Waals surface area contributed by atoms with Gasteiger partial charge in [-0.25, -0.2) is 4.79 Å². The van der Waals surface area contributed by atoms with Gasteiger partial charge in [0.15, 0.2) is 0 Å². The van der Waals surface area contributed by atoms with Gasteiger partial charge in [0.1, 0.15) is 0 Å². The summed E-state index contributed by atoms with van der Waals surface area (Å²) < 4.78 is 0. The van der Waals surface area contributed by atoms with E-state index in [1.807, 2.05) is 11.8 Å². The molecule has 2 rings (SSSR count). The summed E-state index contributed by atoms with van der Waals surface area (Å²) in [6.45, 7) is 3.58. The van der Waals surface area contributed by atoms with Crippen molar-refractivity contribution in [2.45, 2.75) is 18.6 Å². The van der Waals surface area contributed by atoms with E-state index in [1.54, 1.807) is 17.0 Å². The minimum atomic E-state index is -0.922. The zero-order chi connectivity index (χ0) is 14.5. The van der Waals surface area contributed by atoms with Crippen molar-refractivity contribution in [3.63, 3.8) is 0 Å². The third kappa shape index (κ3) is 4.12. The molecule has 2 N–H and O–H groups in total. The van der Waals surface area contributed by atoms with E-state index in [2.05, 4.69) is 17.2 Å². The van der Waals surface area contributed by atoms with E-state index >= 15 is 0 Å². The average Bonchev–Trinajstić information content (AvgIpc) is 2.40. The van der Waals surface area contributed by atoms with Gasteiger partial charge in [-0.15, -0.1) is 0 Å². The predicted octanol–water partition coefficient (Wildman–Crippen LogP) is 1.68. The number of aliphatic carboxylic acids is 1. The normalized spacial score (nSPS) is 18.6.